The molecule has 0 radical (unpaired) electrons. The zero-order valence-corrected chi connectivity index (χ0v) is 10.4. The Morgan fingerprint density at radius 2 is 1.94 bits per heavy atom. The number of hydrogen-bond donors (Lipinski definition) is 3. The first-order valence-corrected chi connectivity index (χ1v) is 6.93. The molecule has 1 amide bonds. The first kappa shape index (κ1) is 13.4. The maximum atomic E-state index is 11.3. The van der Waals surface area contributed by atoms with Gasteiger partial charge in [-0.25, -0.2) is 4.72 Å². The third-order valence-electron chi connectivity index (χ3n) is 2.06. The highest BCUT2D eigenvalue weighted by atomic mass is 32.2. The van der Waals surface area contributed by atoms with Gasteiger partial charge in [0.1, 0.15) is 0 Å². The van der Waals surface area contributed by atoms with Gasteiger partial charge in [-0.15, -0.1) is 0 Å². The standard InChI is InChI=1S/C9H19N3O3S/c1-7(2)12-16(14,15)11-6-5-10-9(13)8-3-4-8/h7-8,11-12H,3-6H2,1-2H3,(H,10,13). The van der Waals surface area contributed by atoms with Gasteiger partial charge < -0.3 is 5.32 Å². The van der Waals surface area contributed by atoms with Crippen molar-refractivity contribution in [2.45, 2.75) is 32.7 Å². The molecule has 0 spiro atoms. The third kappa shape index (κ3) is 5.43. The van der Waals surface area contributed by atoms with E-state index in [-0.39, 0.29) is 24.4 Å². The predicted octanol–water partition coefficient (Wildman–Crippen LogP) is -0.655. The van der Waals surface area contributed by atoms with Crippen LogP contribution in [-0.4, -0.2) is 33.5 Å². The van der Waals surface area contributed by atoms with Crippen LogP contribution in [0.5, 0.6) is 0 Å². The molecule has 0 atom stereocenters. The van der Waals surface area contributed by atoms with E-state index in [0.29, 0.717) is 6.54 Å². The van der Waals surface area contributed by atoms with Crippen LogP contribution in [0.15, 0.2) is 0 Å². The molecule has 0 aromatic carbocycles. The summed E-state index contributed by atoms with van der Waals surface area (Å²) in [4.78, 5) is 11.2. The average molecular weight is 249 g/mol. The number of nitrogens with one attached hydrogen (secondary N) is 3. The molecule has 1 saturated carbocycles. The minimum atomic E-state index is -3.43. The molecule has 16 heavy (non-hydrogen) atoms. The monoisotopic (exact) mass is 249 g/mol. The summed E-state index contributed by atoms with van der Waals surface area (Å²) >= 11 is 0. The van der Waals surface area contributed by atoms with E-state index < -0.39 is 10.2 Å². The average Bonchev–Trinajstić information content (AvgIpc) is 2.92. The highest BCUT2D eigenvalue weighted by Crippen LogP contribution is 2.28. The van der Waals surface area contributed by atoms with Crippen LogP contribution in [0.25, 0.3) is 0 Å². The van der Waals surface area contributed by atoms with Gasteiger partial charge in [0.2, 0.25) is 5.91 Å². The number of carbonyl (C=O) groups is 1. The van der Waals surface area contributed by atoms with Crippen molar-refractivity contribution in [2.24, 2.45) is 5.92 Å². The van der Waals surface area contributed by atoms with Crippen molar-refractivity contribution < 1.29 is 13.2 Å². The number of rotatable bonds is 7. The Balaban J connectivity index is 2.12. The van der Waals surface area contributed by atoms with E-state index in [2.05, 4.69) is 14.8 Å². The summed E-state index contributed by atoms with van der Waals surface area (Å²) in [5.41, 5.74) is 0. The lowest BCUT2D eigenvalue weighted by molar-refractivity contribution is -0.122. The van der Waals surface area contributed by atoms with Crippen molar-refractivity contribution in [2.75, 3.05) is 13.1 Å². The van der Waals surface area contributed by atoms with Crippen molar-refractivity contribution in [3.8, 4) is 0 Å². The summed E-state index contributed by atoms with van der Waals surface area (Å²) in [7, 11) is -3.43. The second-order valence-electron chi connectivity index (χ2n) is 4.24. The molecule has 0 aromatic heterocycles. The fraction of sp³-hybridized carbons (Fsp3) is 0.889. The van der Waals surface area contributed by atoms with Crippen molar-refractivity contribution in [3.05, 3.63) is 0 Å². The molecule has 7 heteroatoms. The fourth-order valence-electron chi connectivity index (χ4n) is 1.21. The number of amides is 1. The fourth-order valence-corrected chi connectivity index (χ4v) is 2.29. The van der Waals surface area contributed by atoms with Crippen LogP contribution >= 0.6 is 0 Å². The van der Waals surface area contributed by atoms with Crippen molar-refractivity contribution in [3.63, 3.8) is 0 Å². The lowest BCUT2D eigenvalue weighted by Gasteiger charge is -2.10. The third-order valence-corrected chi connectivity index (χ3v) is 3.42. The highest BCUT2D eigenvalue weighted by Gasteiger charge is 2.29. The van der Waals surface area contributed by atoms with Crippen molar-refractivity contribution in [1.29, 1.82) is 0 Å². The van der Waals surface area contributed by atoms with E-state index in [4.69, 9.17) is 0 Å². The van der Waals surface area contributed by atoms with E-state index in [1.54, 1.807) is 13.8 Å². The van der Waals surface area contributed by atoms with Gasteiger partial charge in [0.05, 0.1) is 0 Å². The molecule has 0 heterocycles. The first-order valence-electron chi connectivity index (χ1n) is 5.45. The maximum Gasteiger partial charge on any atom is 0.277 e. The topological polar surface area (TPSA) is 87.3 Å². The summed E-state index contributed by atoms with van der Waals surface area (Å²) < 4.78 is 27.3. The molecular formula is C9H19N3O3S. The van der Waals surface area contributed by atoms with Gasteiger partial charge in [-0.1, -0.05) is 0 Å². The van der Waals surface area contributed by atoms with Gasteiger partial charge in [0, 0.05) is 25.0 Å². The molecule has 1 fully saturated rings. The Morgan fingerprint density at radius 3 is 2.44 bits per heavy atom. The smallest absolute Gasteiger partial charge is 0.277 e. The summed E-state index contributed by atoms with van der Waals surface area (Å²) in [5, 5.41) is 2.68. The quantitative estimate of drug-likeness (QED) is 0.524. The molecule has 0 aliphatic heterocycles. The predicted molar refractivity (Wildman–Crippen MR) is 60.9 cm³/mol. The molecule has 1 rings (SSSR count). The van der Waals surface area contributed by atoms with E-state index in [1.807, 2.05) is 0 Å². The molecule has 0 bridgehead atoms. The SMILES string of the molecule is CC(C)NS(=O)(=O)NCCNC(=O)C1CC1. The molecule has 94 valence electrons. The van der Waals surface area contributed by atoms with Crippen LogP contribution in [0.2, 0.25) is 0 Å². The van der Waals surface area contributed by atoms with Gasteiger partial charge >= 0.3 is 0 Å². The summed E-state index contributed by atoms with van der Waals surface area (Å²) in [5.74, 6) is 0.182. The molecule has 0 saturated heterocycles. The summed E-state index contributed by atoms with van der Waals surface area (Å²) in [6.07, 6.45) is 1.90. The zero-order valence-electron chi connectivity index (χ0n) is 9.62. The van der Waals surface area contributed by atoms with Gasteiger partial charge in [0.25, 0.3) is 10.2 Å². The Bertz CT molecular complexity index is 336. The van der Waals surface area contributed by atoms with Crippen molar-refractivity contribution >= 4 is 16.1 Å². The molecular weight excluding hydrogens is 230 g/mol. The molecule has 1 aliphatic rings. The Morgan fingerprint density at radius 1 is 1.31 bits per heavy atom. The van der Waals surface area contributed by atoms with Gasteiger partial charge in [-0.2, -0.15) is 13.1 Å². The highest BCUT2D eigenvalue weighted by molar-refractivity contribution is 7.87. The molecule has 0 aromatic rings. The molecule has 1 aliphatic carbocycles. The van der Waals surface area contributed by atoms with Crippen LogP contribution in [-0.2, 0) is 15.0 Å². The second kappa shape index (κ2) is 5.60. The summed E-state index contributed by atoms with van der Waals surface area (Å²) in [6, 6.07) is -0.140. The lowest BCUT2D eigenvalue weighted by Crippen LogP contribution is -2.43. The van der Waals surface area contributed by atoms with E-state index in [0.717, 1.165) is 12.8 Å². The van der Waals surface area contributed by atoms with E-state index >= 15 is 0 Å². The van der Waals surface area contributed by atoms with Crippen LogP contribution in [0.1, 0.15) is 26.7 Å². The minimum absolute atomic E-state index is 0.0241. The van der Waals surface area contributed by atoms with Crippen LogP contribution in [0, 0.1) is 5.92 Å². The minimum Gasteiger partial charge on any atom is -0.355 e. The Hall–Kier alpha value is -0.660. The Kier molecular flexibility index (Phi) is 4.69. The summed E-state index contributed by atoms with van der Waals surface area (Å²) in [6.45, 7) is 4.02. The van der Waals surface area contributed by atoms with Gasteiger partial charge in [-0.05, 0) is 26.7 Å². The van der Waals surface area contributed by atoms with Crippen LogP contribution in [0.4, 0.5) is 0 Å². The van der Waals surface area contributed by atoms with Gasteiger partial charge in [-0.3, -0.25) is 4.79 Å². The first-order chi connectivity index (χ1) is 7.41. The largest absolute Gasteiger partial charge is 0.355 e. The normalized spacial score (nSPS) is 16.4. The lowest BCUT2D eigenvalue weighted by atomic mass is 10.4. The molecule has 0 unspecified atom stereocenters. The molecule has 3 N–H and O–H groups in total. The van der Waals surface area contributed by atoms with Crippen LogP contribution in [0.3, 0.4) is 0 Å². The zero-order chi connectivity index (χ0) is 12.2. The maximum absolute atomic E-state index is 11.3. The number of carbonyl (C=O) groups excluding carboxylic acids is 1. The van der Waals surface area contributed by atoms with E-state index in [9.17, 15) is 13.2 Å². The molecule has 6 nitrogen and oxygen atoms in total. The number of hydrogen-bond acceptors (Lipinski definition) is 3. The van der Waals surface area contributed by atoms with Gasteiger partial charge in [0.15, 0.2) is 0 Å². The van der Waals surface area contributed by atoms with E-state index in [1.165, 1.54) is 0 Å². The van der Waals surface area contributed by atoms with Crippen LogP contribution < -0.4 is 14.8 Å². The van der Waals surface area contributed by atoms with Crippen molar-refractivity contribution in [1.82, 2.24) is 14.8 Å². The second-order valence-corrected chi connectivity index (χ2v) is 5.77. The Labute approximate surface area is 96.4 Å².